The van der Waals surface area contributed by atoms with Crippen molar-refractivity contribution in [3.63, 3.8) is 0 Å². The van der Waals surface area contributed by atoms with Gasteiger partial charge in [-0.05, 0) is 49.7 Å². The van der Waals surface area contributed by atoms with Crippen LogP contribution >= 0.6 is 27.5 Å². The molecule has 1 N–H and O–H groups in total. The van der Waals surface area contributed by atoms with Gasteiger partial charge in [-0.3, -0.25) is 9.69 Å². The van der Waals surface area contributed by atoms with Gasteiger partial charge in [-0.2, -0.15) is 0 Å². The van der Waals surface area contributed by atoms with Gasteiger partial charge < -0.3 is 5.11 Å². The first-order chi connectivity index (χ1) is 8.58. The molecule has 0 bridgehead atoms. The molecule has 1 atom stereocenters. The molecule has 1 aliphatic heterocycles. The van der Waals surface area contributed by atoms with Crippen molar-refractivity contribution in [3.8, 4) is 0 Å². The Labute approximate surface area is 120 Å². The van der Waals surface area contributed by atoms with E-state index in [1.807, 2.05) is 12.1 Å². The molecule has 0 saturated carbocycles. The summed E-state index contributed by atoms with van der Waals surface area (Å²) in [5, 5.41) is 9.73. The maximum Gasteiger partial charge on any atom is 0.305 e. The van der Waals surface area contributed by atoms with Crippen molar-refractivity contribution in [2.45, 2.75) is 25.3 Å². The Morgan fingerprint density at radius 3 is 2.72 bits per heavy atom. The third-order valence-corrected chi connectivity index (χ3v) is 4.22. The lowest BCUT2D eigenvalue weighted by Gasteiger charge is -2.27. The monoisotopic (exact) mass is 331 g/mol. The molecular weight excluding hydrogens is 318 g/mol. The number of rotatable bonds is 4. The molecular formula is C13H15BrClNO2. The van der Waals surface area contributed by atoms with Crippen molar-refractivity contribution in [1.29, 1.82) is 0 Å². The van der Waals surface area contributed by atoms with Crippen LogP contribution in [-0.4, -0.2) is 29.1 Å². The molecule has 18 heavy (non-hydrogen) atoms. The van der Waals surface area contributed by atoms with Crippen LogP contribution in [0.3, 0.4) is 0 Å². The number of hydrogen-bond acceptors (Lipinski definition) is 2. The first-order valence-corrected chi connectivity index (χ1v) is 7.16. The second kappa shape index (κ2) is 6.04. The standard InChI is InChI=1S/C13H15BrClNO2/c14-11-4-3-9(15)7-10(11)12(8-13(17)18)16-5-1-2-6-16/h3-4,7,12H,1-2,5-6,8H2,(H,17,18). The average molecular weight is 333 g/mol. The Morgan fingerprint density at radius 2 is 2.11 bits per heavy atom. The van der Waals surface area contributed by atoms with Crippen molar-refractivity contribution >= 4 is 33.5 Å². The third-order valence-electron chi connectivity index (χ3n) is 3.27. The largest absolute Gasteiger partial charge is 0.481 e. The van der Waals surface area contributed by atoms with Gasteiger partial charge in [0.05, 0.1) is 6.42 Å². The zero-order valence-corrected chi connectivity index (χ0v) is 12.2. The number of benzene rings is 1. The van der Waals surface area contributed by atoms with E-state index >= 15 is 0 Å². The number of hydrogen-bond donors (Lipinski definition) is 1. The number of likely N-dealkylation sites (tertiary alicyclic amines) is 1. The normalized spacial score (nSPS) is 17.9. The van der Waals surface area contributed by atoms with E-state index in [9.17, 15) is 4.79 Å². The molecule has 0 spiro atoms. The van der Waals surface area contributed by atoms with Gasteiger partial charge in [-0.25, -0.2) is 0 Å². The Hall–Kier alpha value is -0.580. The topological polar surface area (TPSA) is 40.5 Å². The minimum atomic E-state index is -0.779. The van der Waals surface area contributed by atoms with Crippen LogP contribution in [0.4, 0.5) is 0 Å². The van der Waals surface area contributed by atoms with Crippen molar-refractivity contribution in [1.82, 2.24) is 4.90 Å². The number of carbonyl (C=O) groups is 1. The molecule has 0 radical (unpaired) electrons. The molecule has 1 fully saturated rings. The summed E-state index contributed by atoms with van der Waals surface area (Å²) in [5.74, 6) is -0.779. The second-order valence-corrected chi connectivity index (χ2v) is 5.81. The Morgan fingerprint density at radius 1 is 1.44 bits per heavy atom. The van der Waals surface area contributed by atoms with E-state index in [-0.39, 0.29) is 12.5 Å². The molecule has 1 aromatic carbocycles. The molecule has 2 rings (SSSR count). The van der Waals surface area contributed by atoms with Gasteiger partial charge in [0.1, 0.15) is 0 Å². The average Bonchev–Trinajstić information content (AvgIpc) is 2.82. The molecule has 98 valence electrons. The minimum absolute atomic E-state index is 0.0990. The predicted molar refractivity (Wildman–Crippen MR) is 75.0 cm³/mol. The highest BCUT2D eigenvalue weighted by molar-refractivity contribution is 9.10. The molecule has 1 aliphatic rings. The summed E-state index contributed by atoms with van der Waals surface area (Å²) in [4.78, 5) is 13.3. The second-order valence-electron chi connectivity index (χ2n) is 4.52. The summed E-state index contributed by atoms with van der Waals surface area (Å²) < 4.78 is 0.921. The fourth-order valence-corrected chi connectivity index (χ4v) is 3.12. The smallest absolute Gasteiger partial charge is 0.305 e. The molecule has 0 aliphatic carbocycles. The van der Waals surface area contributed by atoms with Crippen LogP contribution < -0.4 is 0 Å². The molecule has 1 heterocycles. The summed E-state index contributed by atoms with van der Waals surface area (Å²) in [6, 6.07) is 5.44. The molecule has 1 aromatic rings. The van der Waals surface area contributed by atoms with Crippen LogP contribution in [0.15, 0.2) is 22.7 Å². The SMILES string of the molecule is O=C(O)CC(c1cc(Cl)ccc1Br)N1CCCC1. The van der Waals surface area contributed by atoms with Crippen LogP contribution in [0, 0.1) is 0 Å². The number of carboxylic acid groups (broad SMARTS) is 1. The first kappa shape index (κ1) is 13.8. The molecule has 1 unspecified atom stereocenters. The maximum atomic E-state index is 11.1. The zero-order chi connectivity index (χ0) is 13.1. The predicted octanol–water partition coefficient (Wildman–Crippen LogP) is 3.71. The number of aliphatic carboxylic acids is 1. The lowest BCUT2D eigenvalue weighted by molar-refractivity contribution is -0.138. The summed E-state index contributed by atoms with van der Waals surface area (Å²) in [7, 11) is 0. The molecule has 0 aromatic heterocycles. The highest BCUT2D eigenvalue weighted by Gasteiger charge is 2.27. The van der Waals surface area contributed by atoms with Crippen molar-refractivity contribution < 1.29 is 9.90 Å². The van der Waals surface area contributed by atoms with Crippen molar-refractivity contribution in [2.24, 2.45) is 0 Å². The van der Waals surface area contributed by atoms with Crippen LogP contribution in [0.25, 0.3) is 0 Å². The molecule has 1 saturated heterocycles. The summed E-state index contributed by atoms with van der Waals surface area (Å²) in [6.45, 7) is 1.91. The lowest BCUT2D eigenvalue weighted by Crippen LogP contribution is -2.28. The van der Waals surface area contributed by atoms with Gasteiger partial charge >= 0.3 is 5.97 Å². The lowest BCUT2D eigenvalue weighted by atomic mass is 10.0. The van der Waals surface area contributed by atoms with Gasteiger partial charge in [0, 0.05) is 15.5 Å². The molecule has 3 nitrogen and oxygen atoms in total. The molecule has 5 heteroatoms. The van der Waals surface area contributed by atoms with E-state index in [1.54, 1.807) is 6.07 Å². The minimum Gasteiger partial charge on any atom is -0.481 e. The highest BCUT2D eigenvalue weighted by Crippen LogP contribution is 2.34. The van der Waals surface area contributed by atoms with Crippen molar-refractivity contribution in [2.75, 3.05) is 13.1 Å². The summed E-state index contributed by atoms with van der Waals surface area (Å²) in [6.07, 6.45) is 2.38. The zero-order valence-electron chi connectivity index (χ0n) is 9.90. The van der Waals surface area contributed by atoms with Crippen LogP contribution in [0.5, 0.6) is 0 Å². The Bertz CT molecular complexity index is 447. The van der Waals surface area contributed by atoms with E-state index < -0.39 is 5.97 Å². The maximum absolute atomic E-state index is 11.1. The Kier molecular flexibility index (Phi) is 4.65. The van der Waals surface area contributed by atoms with Crippen molar-refractivity contribution in [3.05, 3.63) is 33.3 Å². The van der Waals surface area contributed by atoms with E-state index in [0.717, 1.165) is 36.0 Å². The van der Waals surface area contributed by atoms with Gasteiger partial charge in [-0.1, -0.05) is 27.5 Å². The highest BCUT2D eigenvalue weighted by atomic mass is 79.9. The summed E-state index contributed by atoms with van der Waals surface area (Å²) >= 11 is 9.51. The summed E-state index contributed by atoms with van der Waals surface area (Å²) in [5.41, 5.74) is 0.965. The van der Waals surface area contributed by atoms with Crippen LogP contribution in [0.1, 0.15) is 30.9 Å². The van der Waals surface area contributed by atoms with E-state index in [0.29, 0.717) is 5.02 Å². The van der Waals surface area contributed by atoms with Crippen LogP contribution in [-0.2, 0) is 4.79 Å². The van der Waals surface area contributed by atoms with Gasteiger partial charge in [0.2, 0.25) is 0 Å². The third kappa shape index (κ3) is 3.25. The fourth-order valence-electron chi connectivity index (χ4n) is 2.42. The number of carboxylic acids is 1. The number of halogens is 2. The quantitative estimate of drug-likeness (QED) is 0.913. The van der Waals surface area contributed by atoms with E-state index in [2.05, 4.69) is 20.8 Å². The number of nitrogens with zero attached hydrogens (tertiary/aromatic N) is 1. The van der Waals surface area contributed by atoms with Gasteiger partial charge in [0.15, 0.2) is 0 Å². The van der Waals surface area contributed by atoms with E-state index in [4.69, 9.17) is 16.7 Å². The fraction of sp³-hybridized carbons (Fsp3) is 0.462. The van der Waals surface area contributed by atoms with E-state index in [1.165, 1.54) is 0 Å². The molecule has 0 amide bonds. The van der Waals surface area contributed by atoms with Crippen LogP contribution in [0.2, 0.25) is 5.02 Å². The first-order valence-electron chi connectivity index (χ1n) is 5.98. The van der Waals surface area contributed by atoms with Gasteiger partial charge in [0.25, 0.3) is 0 Å². The Balaban J connectivity index is 2.31. The van der Waals surface area contributed by atoms with Gasteiger partial charge in [-0.15, -0.1) is 0 Å².